The van der Waals surface area contributed by atoms with Gasteiger partial charge in [-0.3, -0.25) is 4.90 Å². The predicted molar refractivity (Wildman–Crippen MR) is 216 cm³/mol. The van der Waals surface area contributed by atoms with Crippen LogP contribution in [0.25, 0.3) is 0 Å². The Kier molecular flexibility index (Phi) is 15.0. The van der Waals surface area contributed by atoms with Gasteiger partial charge < -0.3 is 34.0 Å². The monoisotopic (exact) mass is 802 g/mol. The first-order chi connectivity index (χ1) is 28.3. The molecule has 0 radical (unpaired) electrons. The number of hydrogen-bond donors (Lipinski definition) is 2. The number of ether oxygens (including phenoxy) is 4. The molecule has 58 heavy (non-hydrogen) atoms. The number of oxime groups is 1. The Hall–Kier alpha value is -4.78. The molecule has 0 saturated heterocycles. The third-order valence-electron chi connectivity index (χ3n) is 11.4. The number of rotatable bonds is 20. The average Bonchev–Trinajstić information content (AvgIpc) is 3.23. The lowest BCUT2D eigenvalue weighted by atomic mass is 9.55. The van der Waals surface area contributed by atoms with Crippen molar-refractivity contribution in [1.82, 2.24) is 4.90 Å². The summed E-state index contributed by atoms with van der Waals surface area (Å²) in [5.74, 6) is -1.97. The second-order valence-corrected chi connectivity index (χ2v) is 15.0. The Morgan fingerprint density at radius 2 is 1.76 bits per heavy atom. The lowest BCUT2D eigenvalue weighted by Gasteiger charge is -2.59. The largest absolute Gasteiger partial charge is 0.489 e. The van der Waals surface area contributed by atoms with E-state index in [0.717, 1.165) is 36.8 Å². The highest BCUT2D eigenvalue weighted by molar-refractivity contribution is 6.03. The fraction of sp³-hybridized carbons (Fsp3) is 0.478. The minimum absolute atomic E-state index is 0.00426. The Morgan fingerprint density at radius 3 is 2.47 bits per heavy atom. The van der Waals surface area contributed by atoms with E-state index in [-0.39, 0.29) is 69.6 Å². The van der Waals surface area contributed by atoms with Crippen LogP contribution in [-0.4, -0.2) is 71.8 Å². The highest BCUT2D eigenvalue weighted by Crippen LogP contribution is 2.62. The van der Waals surface area contributed by atoms with Crippen LogP contribution in [0.1, 0.15) is 81.4 Å². The molecule has 0 bridgehead atoms. The van der Waals surface area contributed by atoms with Crippen molar-refractivity contribution in [2.24, 2.45) is 22.9 Å². The van der Waals surface area contributed by atoms with E-state index in [1.54, 1.807) is 54.3 Å². The number of nitrogens with zero attached hydrogens (tertiary/aromatic N) is 2. The maximum atomic E-state index is 14.7. The first-order valence-electron chi connectivity index (χ1n) is 20.5. The van der Waals surface area contributed by atoms with E-state index in [9.17, 15) is 23.8 Å². The third kappa shape index (κ3) is 9.40. The van der Waals surface area contributed by atoms with Gasteiger partial charge in [-0.1, -0.05) is 60.5 Å². The molecule has 0 unspecified atom stereocenters. The van der Waals surface area contributed by atoms with Gasteiger partial charge in [0.1, 0.15) is 42.4 Å². The van der Waals surface area contributed by atoms with Gasteiger partial charge in [0.25, 0.3) is 0 Å². The van der Waals surface area contributed by atoms with Crippen LogP contribution in [0, 0.1) is 29.4 Å². The van der Waals surface area contributed by atoms with Crippen LogP contribution in [0.3, 0.4) is 0 Å². The van der Waals surface area contributed by atoms with Gasteiger partial charge in [-0.05, 0) is 98.9 Å². The molecule has 1 amide bonds. The molecule has 2 N–H and O–H groups in total. The van der Waals surface area contributed by atoms with E-state index >= 15 is 0 Å². The van der Waals surface area contributed by atoms with Crippen molar-refractivity contribution in [1.29, 1.82) is 0 Å². The molecule has 10 nitrogen and oxygen atoms in total. The molecule has 0 aromatic heterocycles. The molecule has 1 heterocycles. The van der Waals surface area contributed by atoms with Crippen molar-refractivity contribution in [2.75, 3.05) is 33.0 Å². The summed E-state index contributed by atoms with van der Waals surface area (Å²) >= 11 is 0. The van der Waals surface area contributed by atoms with Crippen molar-refractivity contribution < 1.29 is 47.6 Å². The summed E-state index contributed by atoms with van der Waals surface area (Å²) in [4.78, 5) is 21.6. The molecule has 12 heteroatoms. The van der Waals surface area contributed by atoms with E-state index in [4.69, 9.17) is 28.9 Å². The summed E-state index contributed by atoms with van der Waals surface area (Å²) in [6, 6.07) is 17.3. The molecule has 0 spiro atoms. The van der Waals surface area contributed by atoms with E-state index in [2.05, 4.69) is 12.7 Å². The number of carbonyl (C=O) groups is 1. The molecule has 6 rings (SSSR count). The van der Waals surface area contributed by atoms with E-state index < -0.39 is 29.7 Å². The number of benzene rings is 3. The highest BCUT2D eigenvalue weighted by atomic mass is 19.1. The zero-order valence-corrected chi connectivity index (χ0v) is 33.5. The molecule has 3 aromatic rings. The molecule has 1 aliphatic heterocycles. The first-order valence-corrected chi connectivity index (χ1v) is 20.5. The molecule has 3 aromatic carbocycles. The van der Waals surface area contributed by atoms with Crippen molar-refractivity contribution in [3.8, 4) is 11.5 Å². The molecule has 2 aliphatic carbocycles. The number of allylic oxidation sites excluding steroid dienone is 1. The van der Waals surface area contributed by atoms with Gasteiger partial charge in [0.15, 0.2) is 0 Å². The number of aliphatic hydroxyl groups excluding tert-OH is 2. The quantitative estimate of drug-likeness (QED) is 0.0661. The molecule has 6 atom stereocenters. The number of amides is 1. The summed E-state index contributed by atoms with van der Waals surface area (Å²) in [7, 11) is 0. The summed E-state index contributed by atoms with van der Waals surface area (Å²) in [5.41, 5.74) is 3.51. The lowest BCUT2D eigenvalue weighted by molar-refractivity contribution is -0.256. The summed E-state index contributed by atoms with van der Waals surface area (Å²) in [6.45, 7) is 8.32. The van der Waals surface area contributed by atoms with E-state index in [1.165, 1.54) is 18.2 Å². The van der Waals surface area contributed by atoms with Gasteiger partial charge in [-0.25, -0.2) is 13.6 Å². The van der Waals surface area contributed by atoms with E-state index in [1.807, 2.05) is 19.1 Å². The summed E-state index contributed by atoms with van der Waals surface area (Å²) in [5, 5.41) is 24.4. The maximum Gasteiger partial charge on any atom is 0.410 e. The Bertz CT molecular complexity index is 1900. The predicted octanol–water partition coefficient (Wildman–Crippen LogP) is 8.86. The van der Waals surface area contributed by atoms with Crippen LogP contribution < -0.4 is 9.47 Å². The number of unbranched alkanes of at least 4 members (excludes halogenated alkanes) is 2. The van der Waals surface area contributed by atoms with Crippen LogP contribution in [0.4, 0.5) is 13.6 Å². The lowest BCUT2D eigenvalue weighted by Crippen LogP contribution is -2.70. The molecule has 1 saturated carbocycles. The molecule has 1 fully saturated rings. The van der Waals surface area contributed by atoms with Gasteiger partial charge in [-0.2, -0.15) is 0 Å². The summed E-state index contributed by atoms with van der Waals surface area (Å²) < 4.78 is 55.0. The second-order valence-electron chi connectivity index (χ2n) is 15.0. The Balaban J connectivity index is 1.57. The zero-order valence-electron chi connectivity index (χ0n) is 33.5. The molecular formula is C46H56F2N2O8. The van der Waals surface area contributed by atoms with Gasteiger partial charge in [0.05, 0.1) is 24.8 Å². The Labute approximate surface area is 340 Å². The molecular weight excluding hydrogens is 747 g/mol. The average molecular weight is 803 g/mol. The van der Waals surface area contributed by atoms with Gasteiger partial charge in [0, 0.05) is 43.2 Å². The molecule has 312 valence electrons. The van der Waals surface area contributed by atoms with Crippen LogP contribution in [-0.2, 0) is 27.5 Å². The third-order valence-corrected chi connectivity index (χ3v) is 11.4. The van der Waals surface area contributed by atoms with Crippen LogP contribution in [0.2, 0.25) is 0 Å². The fourth-order valence-corrected chi connectivity index (χ4v) is 8.95. The first kappa shape index (κ1) is 42.8. The topological polar surface area (TPSA) is 119 Å². The Morgan fingerprint density at radius 1 is 1.00 bits per heavy atom. The normalized spacial score (nSPS) is 23.9. The number of carbonyl (C=O) groups excluding carboxylic acids is 1. The van der Waals surface area contributed by atoms with Crippen molar-refractivity contribution >= 4 is 11.8 Å². The standard InChI is InChI=1S/C46H56F2N2O8/c1-4-25-56-46-42(50(45(53)54-5-2)29-31-17-19-34(47)20-18-31)28-40(49-57-6-3)37-26-32(13-9-11-23-51)36(15-10-12-24-52)43(44(37)46)38-27-35(21-22-41(38)58-46)55-30-33-14-7-8-16-39(33)48/h4,7-8,14,16-22,26-27,32,36,42-44,51-52H,1,5-6,9-13,15,23-25,28-30H2,2-3H3/t32-,36+,42-,43+,44+,46+/m0/s1. The second kappa shape index (κ2) is 20.3. The van der Waals surface area contributed by atoms with Gasteiger partial charge in [0.2, 0.25) is 5.79 Å². The van der Waals surface area contributed by atoms with Crippen molar-refractivity contribution in [3.05, 3.63) is 119 Å². The van der Waals surface area contributed by atoms with Crippen molar-refractivity contribution in [3.63, 3.8) is 0 Å². The number of halogens is 2. The zero-order chi connectivity index (χ0) is 41.1. The SMILES string of the molecule is C=CCO[C@@]12Oc3ccc(OCc4ccccc4F)cc3[C@H]3[C@H](CCCCO)[C@@H](CCCCO)C=C(C(=NOCC)C[C@@H]1N(Cc1ccc(F)cc1)C(=O)OCC)[C@H]32. The summed E-state index contributed by atoms with van der Waals surface area (Å²) in [6.07, 6.45) is 7.88. The number of hydrogen-bond acceptors (Lipinski definition) is 9. The number of aliphatic hydroxyl groups is 2. The number of fused-ring (bicyclic) bond motifs is 2. The maximum absolute atomic E-state index is 14.7. The van der Waals surface area contributed by atoms with Gasteiger partial charge in [-0.15, -0.1) is 6.58 Å². The van der Waals surface area contributed by atoms with Crippen LogP contribution in [0.15, 0.2) is 96.2 Å². The minimum atomic E-state index is -1.50. The van der Waals surface area contributed by atoms with Crippen LogP contribution in [0.5, 0.6) is 11.5 Å². The fourth-order valence-electron chi connectivity index (χ4n) is 8.95. The molecule has 3 aliphatic rings. The smallest absolute Gasteiger partial charge is 0.410 e. The van der Waals surface area contributed by atoms with Crippen LogP contribution >= 0.6 is 0 Å². The van der Waals surface area contributed by atoms with Gasteiger partial charge >= 0.3 is 6.09 Å². The van der Waals surface area contributed by atoms with Crippen molar-refractivity contribution in [2.45, 2.75) is 89.7 Å². The highest BCUT2D eigenvalue weighted by Gasteiger charge is 2.65. The minimum Gasteiger partial charge on any atom is -0.489 e. The van der Waals surface area contributed by atoms with E-state index in [0.29, 0.717) is 47.8 Å².